The Hall–Kier alpha value is -1.66. The molecule has 0 saturated carbocycles. The minimum Gasteiger partial charge on any atom is -0.337 e. The van der Waals surface area contributed by atoms with Gasteiger partial charge in [-0.2, -0.15) is 0 Å². The van der Waals surface area contributed by atoms with Gasteiger partial charge in [0.05, 0.1) is 15.5 Å². The van der Waals surface area contributed by atoms with Crippen molar-refractivity contribution in [2.45, 2.75) is 12.5 Å². The number of likely N-dealkylation sites (N-methyl/N-ethyl adjacent to an activating group) is 1. The van der Waals surface area contributed by atoms with Crippen molar-refractivity contribution in [2.24, 2.45) is 0 Å². The van der Waals surface area contributed by atoms with E-state index in [1.807, 2.05) is 14.1 Å². The number of nitro groups is 1. The number of non-ortho nitro benzene ring substituents is 1. The zero-order chi connectivity index (χ0) is 14.9. The number of amides is 1. The first-order valence-corrected chi connectivity index (χ1v) is 6.67. The first-order valence-electron chi connectivity index (χ1n) is 6.30. The minimum absolute atomic E-state index is 0.112. The Morgan fingerprint density at radius 1 is 1.50 bits per heavy atom. The molecule has 1 fully saturated rings. The zero-order valence-corrected chi connectivity index (χ0v) is 12.1. The number of hydrogen-bond donors (Lipinski definition) is 0. The molecule has 1 aromatic carbocycles. The standard InChI is InChI=1S/C13H16ClN3O3/c1-15(2)10-5-6-16(8-10)13(18)11-4-3-9(17(19)20)7-12(11)14/h3-4,7,10H,5-6,8H2,1-2H3. The van der Waals surface area contributed by atoms with Crippen LogP contribution in [0.1, 0.15) is 16.8 Å². The summed E-state index contributed by atoms with van der Waals surface area (Å²) >= 11 is 5.98. The molecule has 1 unspecified atom stereocenters. The first kappa shape index (κ1) is 14.7. The summed E-state index contributed by atoms with van der Waals surface area (Å²) in [4.78, 5) is 26.3. The fourth-order valence-corrected chi connectivity index (χ4v) is 2.56. The molecule has 7 heteroatoms. The second kappa shape index (κ2) is 5.76. The molecule has 1 amide bonds. The molecule has 0 radical (unpaired) electrons. The number of halogens is 1. The fourth-order valence-electron chi connectivity index (χ4n) is 2.31. The van der Waals surface area contributed by atoms with Gasteiger partial charge in [0.1, 0.15) is 0 Å². The van der Waals surface area contributed by atoms with Gasteiger partial charge < -0.3 is 9.80 Å². The lowest BCUT2D eigenvalue weighted by atomic mass is 10.2. The number of nitro benzene ring substituents is 1. The third kappa shape index (κ3) is 2.91. The maximum absolute atomic E-state index is 12.4. The SMILES string of the molecule is CN(C)C1CCN(C(=O)c2ccc([N+](=O)[O-])cc2Cl)C1. The Balaban J connectivity index is 2.16. The topological polar surface area (TPSA) is 66.7 Å². The zero-order valence-electron chi connectivity index (χ0n) is 11.4. The number of nitrogens with zero attached hydrogens (tertiary/aromatic N) is 3. The van der Waals surface area contributed by atoms with Gasteiger partial charge in [0.2, 0.25) is 0 Å². The Bertz CT molecular complexity index is 548. The Labute approximate surface area is 122 Å². The summed E-state index contributed by atoms with van der Waals surface area (Å²) in [7, 11) is 3.97. The van der Waals surface area contributed by atoms with Gasteiger partial charge in [-0.05, 0) is 26.6 Å². The van der Waals surface area contributed by atoms with E-state index in [0.29, 0.717) is 24.7 Å². The van der Waals surface area contributed by atoms with Gasteiger partial charge in [-0.15, -0.1) is 0 Å². The molecule has 20 heavy (non-hydrogen) atoms. The minimum atomic E-state index is -0.530. The smallest absolute Gasteiger partial charge is 0.270 e. The van der Waals surface area contributed by atoms with Crippen LogP contribution in [0.25, 0.3) is 0 Å². The largest absolute Gasteiger partial charge is 0.337 e. The predicted molar refractivity (Wildman–Crippen MR) is 76.1 cm³/mol. The Morgan fingerprint density at radius 2 is 2.20 bits per heavy atom. The normalized spacial score (nSPS) is 18.6. The summed E-state index contributed by atoms with van der Waals surface area (Å²) in [5.41, 5.74) is 0.204. The molecule has 6 nitrogen and oxygen atoms in total. The van der Waals surface area contributed by atoms with Crippen molar-refractivity contribution in [2.75, 3.05) is 27.2 Å². The van der Waals surface area contributed by atoms with Gasteiger partial charge in [0, 0.05) is 31.3 Å². The predicted octanol–water partition coefficient (Wildman–Crippen LogP) is 2.02. The number of carbonyl (C=O) groups is 1. The van der Waals surface area contributed by atoms with E-state index in [2.05, 4.69) is 4.90 Å². The summed E-state index contributed by atoms with van der Waals surface area (Å²) in [6.45, 7) is 1.33. The number of likely N-dealkylation sites (tertiary alicyclic amines) is 1. The van der Waals surface area contributed by atoms with Crippen LogP contribution in [0.3, 0.4) is 0 Å². The van der Waals surface area contributed by atoms with E-state index < -0.39 is 4.92 Å². The molecule has 0 aromatic heterocycles. The summed E-state index contributed by atoms with van der Waals surface area (Å²) in [5, 5.41) is 10.8. The molecule has 1 aromatic rings. The van der Waals surface area contributed by atoms with Gasteiger partial charge in [-0.1, -0.05) is 11.6 Å². The van der Waals surface area contributed by atoms with Crippen molar-refractivity contribution < 1.29 is 9.72 Å². The average molecular weight is 298 g/mol. The van der Waals surface area contributed by atoms with Crippen LogP contribution < -0.4 is 0 Å². The van der Waals surface area contributed by atoms with Crippen molar-refractivity contribution in [3.63, 3.8) is 0 Å². The lowest BCUT2D eigenvalue weighted by Gasteiger charge is -2.20. The van der Waals surface area contributed by atoms with Gasteiger partial charge in [0.25, 0.3) is 11.6 Å². The number of benzene rings is 1. The van der Waals surface area contributed by atoms with Crippen LogP contribution in [0.5, 0.6) is 0 Å². The maximum atomic E-state index is 12.4. The number of hydrogen-bond acceptors (Lipinski definition) is 4. The average Bonchev–Trinajstić information content (AvgIpc) is 2.87. The van der Waals surface area contributed by atoms with Crippen molar-refractivity contribution in [3.05, 3.63) is 38.9 Å². The van der Waals surface area contributed by atoms with Crippen LogP contribution in [0.2, 0.25) is 5.02 Å². The van der Waals surface area contributed by atoms with Crippen molar-refractivity contribution in [1.82, 2.24) is 9.80 Å². The molecule has 0 N–H and O–H groups in total. The summed E-state index contributed by atoms with van der Waals surface area (Å²) in [6.07, 6.45) is 0.920. The second-order valence-corrected chi connectivity index (χ2v) is 5.49. The highest BCUT2D eigenvalue weighted by Crippen LogP contribution is 2.25. The number of carbonyl (C=O) groups excluding carboxylic acids is 1. The van der Waals surface area contributed by atoms with Crippen molar-refractivity contribution >= 4 is 23.2 Å². The molecular weight excluding hydrogens is 282 g/mol. The highest BCUT2D eigenvalue weighted by atomic mass is 35.5. The van der Waals surface area contributed by atoms with E-state index in [0.717, 1.165) is 6.42 Å². The molecule has 1 aliphatic heterocycles. The number of rotatable bonds is 3. The Morgan fingerprint density at radius 3 is 2.70 bits per heavy atom. The van der Waals surface area contributed by atoms with E-state index >= 15 is 0 Å². The molecule has 1 aliphatic rings. The monoisotopic (exact) mass is 297 g/mol. The highest BCUT2D eigenvalue weighted by molar-refractivity contribution is 6.34. The molecule has 0 spiro atoms. The summed E-state index contributed by atoms with van der Waals surface area (Å²) < 4.78 is 0. The lowest BCUT2D eigenvalue weighted by Crippen LogP contribution is -2.34. The molecule has 0 bridgehead atoms. The van der Waals surface area contributed by atoms with E-state index in [-0.39, 0.29) is 16.6 Å². The first-order chi connectivity index (χ1) is 9.40. The van der Waals surface area contributed by atoms with Crippen LogP contribution in [-0.2, 0) is 0 Å². The molecule has 1 heterocycles. The van der Waals surface area contributed by atoms with Gasteiger partial charge >= 0.3 is 0 Å². The van der Waals surface area contributed by atoms with E-state index in [4.69, 9.17) is 11.6 Å². The fraction of sp³-hybridized carbons (Fsp3) is 0.462. The molecule has 1 atom stereocenters. The maximum Gasteiger partial charge on any atom is 0.270 e. The summed E-state index contributed by atoms with van der Waals surface area (Å²) in [6, 6.07) is 4.29. The molecule has 2 rings (SSSR count). The van der Waals surface area contributed by atoms with Crippen molar-refractivity contribution in [3.8, 4) is 0 Å². The van der Waals surface area contributed by atoms with Crippen LogP contribution in [-0.4, -0.2) is 53.9 Å². The Kier molecular flexibility index (Phi) is 4.25. The van der Waals surface area contributed by atoms with Crippen LogP contribution in [0.15, 0.2) is 18.2 Å². The highest BCUT2D eigenvalue weighted by Gasteiger charge is 2.29. The van der Waals surface area contributed by atoms with Crippen LogP contribution >= 0.6 is 11.6 Å². The third-order valence-electron chi connectivity index (χ3n) is 3.57. The molecule has 0 aliphatic carbocycles. The van der Waals surface area contributed by atoms with Crippen LogP contribution in [0, 0.1) is 10.1 Å². The summed E-state index contributed by atoms with van der Waals surface area (Å²) in [5.74, 6) is -0.172. The lowest BCUT2D eigenvalue weighted by molar-refractivity contribution is -0.384. The third-order valence-corrected chi connectivity index (χ3v) is 3.89. The van der Waals surface area contributed by atoms with E-state index in [1.54, 1.807) is 4.90 Å². The van der Waals surface area contributed by atoms with Gasteiger partial charge in [-0.25, -0.2) is 0 Å². The molecule has 1 saturated heterocycles. The van der Waals surface area contributed by atoms with E-state index in [9.17, 15) is 14.9 Å². The van der Waals surface area contributed by atoms with E-state index in [1.165, 1.54) is 18.2 Å². The van der Waals surface area contributed by atoms with Gasteiger partial charge in [0.15, 0.2) is 0 Å². The molecule has 108 valence electrons. The molecular formula is C13H16ClN3O3. The van der Waals surface area contributed by atoms with Crippen LogP contribution in [0.4, 0.5) is 5.69 Å². The second-order valence-electron chi connectivity index (χ2n) is 5.08. The quantitative estimate of drug-likeness (QED) is 0.632. The van der Waals surface area contributed by atoms with Crippen molar-refractivity contribution in [1.29, 1.82) is 0 Å². The van der Waals surface area contributed by atoms with Gasteiger partial charge in [-0.3, -0.25) is 14.9 Å².